The molecule has 0 aromatic heterocycles. The van der Waals surface area contributed by atoms with Crippen LogP contribution in [0.25, 0.3) is 0 Å². The smallest absolute Gasteiger partial charge is 0.342 e. The highest BCUT2D eigenvalue weighted by Gasteiger charge is 2.17. The molecule has 86 valence electrons. The highest BCUT2D eigenvalue weighted by molar-refractivity contribution is 5.94. The van der Waals surface area contributed by atoms with E-state index in [0.29, 0.717) is 24.3 Å². The molecule has 0 radical (unpaired) electrons. The van der Waals surface area contributed by atoms with Crippen LogP contribution < -0.4 is 4.74 Å². The summed E-state index contributed by atoms with van der Waals surface area (Å²) in [6, 6.07) is 5.47. The Morgan fingerprint density at radius 1 is 1.50 bits per heavy atom. The lowest BCUT2D eigenvalue weighted by Gasteiger charge is -2.11. The van der Waals surface area contributed by atoms with Crippen molar-refractivity contribution in [1.82, 2.24) is 0 Å². The normalized spacial score (nSPS) is 9.62. The van der Waals surface area contributed by atoms with E-state index in [9.17, 15) is 4.79 Å². The Morgan fingerprint density at radius 2 is 2.25 bits per heavy atom. The molecule has 1 aromatic rings. The van der Waals surface area contributed by atoms with Crippen LogP contribution in [0.4, 0.5) is 0 Å². The molecule has 3 heteroatoms. The van der Waals surface area contributed by atoms with Gasteiger partial charge in [0.25, 0.3) is 0 Å². The molecule has 0 fully saturated rings. The van der Waals surface area contributed by atoms with Crippen LogP contribution in [-0.4, -0.2) is 19.7 Å². The van der Waals surface area contributed by atoms with Gasteiger partial charge in [-0.15, -0.1) is 6.58 Å². The first-order valence-electron chi connectivity index (χ1n) is 5.18. The Hall–Kier alpha value is -1.77. The lowest BCUT2D eigenvalue weighted by molar-refractivity contribution is 0.0521. The average Bonchev–Trinajstić information content (AvgIpc) is 2.29. The molecule has 0 N–H and O–H groups in total. The fourth-order valence-electron chi connectivity index (χ4n) is 1.51. The maximum absolute atomic E-state index is 11.8. The van der Waals surface area contributed by atoms with Crippen LogP contribution in [0.5, 0.6) is 5.75 Å². The van der Waals surface area contributed by atoms with Crippen LogP contribution in [0.1, 0.15) is 22.8 Å². The standard InChI is InChI=1S/C13H16O3/c1-4-7-10-8-6-9-11(15-3)12(10)13(14)16-5-2/h4,6,8-9H,1,5,7H2,2-3H3. The summed E-state index contributed by atoms with van der Waals surface area (Å²) in [6.45, 7) is 5.79. The van der Waals surface area contributed by atoms with Crippen molar-refractivity contribution in [3.05, 3.63) is 42.0 Å². The number of hydrogen-bond donors (Lipinski definition) is 0. The Bertz CT molecular complexity index is 383. The predicted molar refractivity (Wildman–Crippen MR) is 62.9 cm³/mol. The number of carbonyl (C=O) groups excluding carboxylic acids is 1. The SMILES string of the molecule is C=CCc1cccc(OC)c1C(=O)OCC. The quantitative estimate of drug-likeness (QED) is 0.565. The number of allylic oxidation sites excluding steroid dienone is 1. The van der Waals surface area contributed by atoms with Gasteiger partial charge in [0.05, 0.1) is 13.7 Å². The summed E-state index contributed by atoms with van der Waals surface area (Å²) >= 11 is 0. The van der Waals surface area contributed by atoms with Crippen molar-refractivity contribution in [2.45, 2.75) is 13.3 Å². The maximum Gasteiger partial charge on any atom is 0.342 e. The lowest BCUT2D eigenvalue weighted by atomic mass is 10.0. The van der Waals surface area contributed by atoms with Gasteiger partial charge in [-0.2, -0.15) is 0 Å². The minimum atomic E-state index is -0.350. The number of carbonyl (C=O) groups is 1. The topological polar surface area (TPSA) is 35.5 Å². The average molecular weight is 220 g/mol. The predicted octanol–water partition coefficient (Wildman–Crippen LogP) is 2.60. The Morgan fingerprint density at radius 3 is 2.81 bits per heavy atom. The van der Waals surface area contributed by atoms with Crippen LogP contribution in [0, 0.1) is 0 Å². The van der Waals surface area contributed by atoms with Crippen molar-refractivity contribution in [3.63, 3.8) is 0 Å². The zero-order valence-corrected chi connectivity index (χ0v) is 9.66. The van der Waals surface area contributed by atoms with Gasteiger partial charge in [-0.05, 0) is 25.0 Å². The first-order chi connectivity index (χ1) is 7.74. The molecule has 0 amide bonds. The molecular formula is C13H16O3. The van der Waals surface area contributed by atoms with E-state index in [-0.39, 0.29) is 5.97 Å². The second-order valence-electron chi connectivity index (χ2n) is 3.21. The molecule has 0 unspecified atom stereocenters. The molecule has 0 saturated heterocycles. The molecule has 0 bridgehead atoms. The third kappa shape index (κ3) is 2.63. The molecule has 0 aliphatic carbocycles. The third-order valence-electron chi connectivity index (χ3n) is 2.18. The number of methoxy groups -OCH3 is 1. The van der Waals surface area contributed by atoms with Crippen molar-refractivity contribution in [3.8, 4) is 5.75 Å². The van der Waals surface area contributed by atoms with E-state index < -0.39 is 0 Å². The molecule has 0 heterocycles. The first-order valence-corrected chi connectivity index (χ1v) is 5.18. The number of benzene rings is 1. The fraction of sp³-hybridized carbons (Fsp3) is 0.308. The molecule has 1 aromatic carbocycles. The molecule has 16 heavy (non-hydrogen) atoms. The minimum absolute atomic E-state index is 0.350. The van der Waals surface area contributed by atoms with Crippen molar-refractivity contribution < 1.29 is 14.3 Å². The first kappa shape index (κ1) is 12.3. The summed E-state index contributed by atoms with van der Waals surface area (Å²) in [7, 11) is 1.54. The maximum atomic E-state index is 11.8. The summed E-state index contributed by atoms with van der Waals surface area (Å²) in [4.78, 5) is 11.8. The molecule has 0 aliphatic rings. The van der Waals surface area contributed by atoms with Gasteiger partial charge in [-0.25, -0.2) is 4.79 Å². The number of esters is 1. The lowest BCUT2D eigenvalue weighted by Crippen LogP contribution is -2.10. The summed E-state index contributed by atoms with van der Waals surface area (Å²) in [5, 5.41) is 0. The molecule has 3 nitrogen and oxygen atoms in total. The van der Waals surface area contributed by atoms with E-state index >= 15 is 0 Å². The van der Waals surface area contributed by atoms with E-state index in [1.54, 1.807) is 19.1 Å². The molecule has 0 atom stereocenters. The van der Waals surface area contributed by atoms with Gasteiger partial charge in [-0.3, -0.25) is 0 Å². The Labute approximate surface area is 95.7 Å². The van der Waals surface area contributed by atoms with E-state index in [2.05, 4.69) is 6.58 Å². The van der Waals surface area contributed by atoms with Gasteiger partial charge in [0.1, 0.15) is 11.3 Å². The van der Waals surface area contributed by atoms with E-state index in [0.717, 1.165) is 5.56 Å². The van der Waals surface area contributed by atoms with Gasteiger partial charge in [0.2, 0.25) is 0 Å². The van der Waals surface area contributed by atoms with Gasteiger partial charge in [0, 0.05) is 0 Å². The monoisotopic (exact) mass is 220 g/mol. The molecule has 0 aliphatic heterocycles. The highest BCUT2D eigenvalue weighted by atomic mass is 16.5. The van der Waals surface area contributed by atoms with Crippen molar-refractivity contribution in [2.24, 2.45) is 0 Å². The molecule has 1 rings (SSSR count). The van der Waals surface area contributed by atoms with Crippen LogP contribution >= 0.6 is 0 Å². The fourth-order valence-corrected chi connectivity index (χ4v) is 1.51. The largest absolute Gasteiger partial charge is 0.496 e. The zero-order valence-electron chi connectivity index (χ0n) is 9.66. The van der Waals surface area contributed by atoms with Crippen molar-refractivity contribution >= 4 is 5.97 Å². The molecule has 0 saturated carbocycles. The van der Waals surface area contributed by atoms with Crippen LogP contribution in [0.2, 0.25) is 0 Å². The van der Waals surface area contributed by atoms with E-state index in [4.69, 9.17) is 9.47 Å². The third-order valence-corrected chi connectivity index (χ3v) is 2.18. The van der Waals surface area contributed by atoms with Crippen LogP contribution in [-0.2, 0) is 11.2 Å². The summed E-state index contributed by atoms with van der Waals surface area (Å²) in [5.41, 5.74) is 1.36. The number of ether oxygens (including phenoxy) is 2. The number of hydrogen-bond acceptors (Lipinski definition) is 3. The van der Waals surface area contributed by atoms with Crippen molar-refractivity contribution in [1.29, 1.82) is 0 Å². The summed E-state index contributed by atoms with van der Waals surface area (Å²) in [5.74, 6) is 0.189. The summed E-state index contributed by atoms with van der Waals surface area (Å²) < 4.78 is 10.2. The number of rotatable bonds is 5. The minimum Gasteiger partial charge on any atom is -0.496 e. The van der Waals surface area contributed by atoms with Crippen LogP contribution in [0.3, 0.4) is 0 Å². The van der Waals surface area contributed by atoms with Gasteiger partial charge < -0.3 is 9.47 Å². The van der Waals surface area contributed by atoms with Crippen molar-refractivity contribution in [2.75, 3.05) is 13.7 Å². The second kappa shape index (κ2) is 5.95. The molecular weight excluding hydrogens is 204 g/mol. The summed E-state index contributed by atoms with van der Waals surface area (Å²) in [6.07, 6.45) is 2.36. The van der Waals surface area contributed by atoms with Crippen LogP contribution in [0.15, 0.2) is 30.9 Å². The highest BCUT2D eigenvalue weighted by Crippen LogP contribution is 2.23. The molecule has 0 spiro atoms. The van der Waals surface area contributed by atoms with E-state index in [1.165, 1.54) is 7.11 Å². The second-order valence-corrected chi connectivity index (χ2v) is 3.21. The van der Waals surface area contributed by atoms with Gasteiger partial charge in [-0.1, -0.05) is 18.2 Å². The van der Waals surface area contributed by atoms with Gasteiger partial charge >= 0.3 is 5.97 Å². The Kier molecular flexibility index (Phi) is 4.58. The Balaban J connectivity index is 3.18. The van der Waals surface area contributed by atoms with Gasteiger partial charge in [0.15, 0.2) is 0 Å². The van der Waals surface area contributed by atoms with E-state index in [1.807, 2.05) is 12.1 Å². The zero-order chi connectivity index (χ0) is 12.0.